The Morgan fingerprint density at radius 3 is 2.84 bits per heavy atom. The largest absolute Gasteiger partial charge is 0.355 e. The summed E-state index contributed by atoms with van der Waals surface area (Å²) in [5, 5.41) is 6.35. The highest BCUT2D eigenvalue weighted by Gasteiger charge is 2.20. The maximum atomic E-state index is 11.8. The van der Waals surface area contributed by atoms with Gasteiger partial charge in [-0.1, -0.05) is 20.8 Å². The number of thiophene rings is 1. The van der Waals surface area contributed by atoms with E-state index in [4.69, 9.17) is 0 Å². The van der Waals surface area contributed by atoms with Crippen molar-refractivity contribution in [3.05, 3.63) is 21.9 Å². The molecule has 4 heteroatoms. The zero-order valence-electron chi connectivity index (χ0n) is 12.1. The first-order valence-electron chi connectivity index (χ1n) is 7.07. The summed E-state index contributed by atoms with van der Waals surface area (Å²) in [6, 6.07) is 4.35. The van der Waals surface area contributed by atoms with E-state index < -0.39 is 0 Å². The highest BCUT2D eigenvalue weighted by atomic mass is 32.1. The van der Waals surface area contributed by atoms with E-state index >= 15 is 0 Å². The lowest BCUT2D eigenvalue weighted by Crippen LogP contribution is -2.42. The van der Waals surface area contributed by atoms with Crippen LogP contribution in [0.2, 0.25) is 0 Å². The molecule has 0 aromatic carbocycles. The van der Waals surface area contributed by atoms with E-state index in [9.17, 15) is 4.79 Å². The number of nitrogens with one attached hydrogen (secondary N) is 2. The van der Waals surface area contributed by atoms with Crippen molar-refractivity contribution in [1.82, 2.24) is 10.6 Å². The number of carbonyl (C=O) groups excluding carboxylic acids is 1. The van der Waals surface area contributed by atoms with Crippen LogP contribution >= 0.6 is 11.3 Å². The maximum Gasteiger partial charge on any atom is 0.237 e. The van der Waals surface area contributed by atoms with E-state index in [1.807, 2.05) is 11.3 Å². The molecule has 0 radical (unpaired) electrons. The van der Waals surface area contributed by atoms with Gasteiger partial charge in [-0.2, -0.15) is 0 Å². The third kappa shape index (κ3) is 4.05. The van der Waals surface area contributed by atoms with Gasteiger partial charge in [0.2, 0.25) is 5.91 Å². The van der Waals surface area contributed by atoms with Crippen LogP contribution in [0.25, 0.3) is 0 Å². The maximum absolute atomic E-state index is 11.8. The predicted octanol–water partition coefficient (Wildman–Crippen LogP) is 2.80. The Labute approximate surface area is 119 Å². The zero-order chi connectivity index (χ0) is 13.9. The number of rotatable bonds is 3. The molecular formula is C15H24N2OS. The van der Waals surface area contributed by atoms with Crippen LogP contribution in [0, 0.1) is 0 Å². The van der Waals surface area contributed by atoms with Crippen LogP contribution in [0.1, 0.15) is 49.8 Å². The van der Waals surface area contributed by atoms with Gasteiger partial charge in [0.05, 0.1) is 6.04 Å². The van der Waals surface area contributed by atoms with Crippen LogP contribution in [-0.4, -0.2) is 18.5 Å². The molecule has 3 nitrogen and oxygen atoms in total. The van der Waals surface area contributed by atoms with Crippen LogP contribution in [0.3, 0.4) is 0 Å². The van der Waals surface area contributed by atoms with Crippen molar-refractivity contribution in [2.75, 3.05) is 6.54 Å². The average Bonchev–Trinajstić information content (AvgIpc) is 2.72. The second-order valence-electron chi connectivity index (χ2n) is 6.24. The standard InChI is InChI=1S/C15H24N2OS/c1-15(2,3)13-8-7-11(19-13)10-17-12-6-4-5-9-16-14(12)18/h7-8,12,17H,4-6,9-10H2,1-3H3,(H,16,18). The highest BCUT2D eigenvalue weighted by Crippen LogP contribution is 2.29. The van der Waals surface area contributed by atoms with Gasteiger partial charge in [-0.15, -0.1) is 11.3 Å². The van der Waals surface area contributed by atoms with E-state index in [0.717, 1.165) is 32.4 Å². The van der Waals surface area contributed by atoms with E-state index in [0.29, 0.717) is 0 Å². The first-order valence-corrected chi connectivity index (χ1v) is 7.89. The van der Waals surface area contributed by atoms with Crippen molar-refractivity contribution >= 4 is 17.2 Å². The number of carbonyl (C=O) groups is 1. The van der Waals surface area contributed by atoms with Crippen LogP contribution in [-0.2, 0) is 16.8 Å². The summed E-state index contributed by atoms with van der Waals surface area (Å²) >= 11 is 1.84. The summed E-state index contributed by atoms with van der Waals surface area (Å²) < 4.78 is 0. The molecule has 106 valence electrons. The molecule has 1 amide bonds. The second kappa shape index (κ2) is 6.06. The van der Waals surface area contributed by atoms with Crippen molar-refractivity contribution < 1.29 is 4.79 Å². The lowest BCUT2D eigenvalue weighted by atomic mass is 9.95. The molecule has 2 rings (SSSR count). The first kappa shape index (κ1) is 14.5. The van der Waals surface area contributed by atoms with Gasteiger partial charge < -0.3 is 10.6 Å². The fraction of sp³-hybridized carbons (Fsp3) is 0.667. The van der Waals surface area contributed by atoms with Crippen LogP contribution in [0.4, 0.5) is 0 Å². The molecule has 1 saturated heterocycles. The predicted molar refractivity (Wildman–Crippen MR) is 80.5 cm³/mol. The molecule has 1 atom stereocenters. The Balaban J connectivity index is 1.91. The molecule has 0 aliphatic carbocycles. The van der Waals surface area contributed by atoms with Crippen LogP contribution in [0.15, 0.2) is 12.1 Å². The third-order valence-electron chi connectivity index (χ3n) is 3.46. The molecule has 2 N–H and O–H groups in total. The fourth-order valence-electron chi connectivity index (χ4n) is 2.23. The monoisotopic (exact) mass is 280 g/mol. The van der Waals surface area contributed by atoms with Crippen molar-refractivity contribution in [2.24, 2.45) is 0 Å². The Morgan fingerprint density at radius 2 is 2.16 bits per heavy atom. The van der Waals surface area contributed by atoms with E-state index in [1.165, 1.54) is 9.75 Å². The molecule has 0 spiro atoms. The summed E-state index contributed by atoms with van der Waals surface area (Å²) in [5.41, 5.74) is 0.211. The Hall–Kier alpha value is -0.870. The minimum Gasteiger partial charge on any atom is -0.355 e. The molecular weight excluding hydrogens is 256 g/mol. The first-order chi connectivity index (χ1) is 8.97. The van der Waals surface area contributed by atoms with E-state index in [-0.39, 0.29) is 17.4 Å². The SMILES string of the molecule is CC(C)(C)c1ccc(CNC2CCCCNC2=O)s1. The van der Waals surface area contributed by atoms with E-state index in [1.54, 1.807) is 0 Å². The summed E-state index contributed by atoms with van der Waals surface area (Å²) in [7, 11) is 0. The molecule has 19 heavy (non-hydrogen) atoms. The molecule has 1 aromatic rings. The van der Waals surface area contributed by atoms with Gasteiger partial charge in [0.15, 0.2) is 0 Å². The van der Waals surface area contributed by atoms with Gasteiger partial charge in [-0.3, -0.25) is 4.79 Å². The summed E-state index contributed by atoms with van der Waals surface area (Å²) in [6.45, 7) is 8.31. The lowest BCUT2D eigenvalue weighted by Gasteiger charge is -2.16. The third-order valence-corrected chi connectivity index (χ3v) is 4.97. The normalized spacial score (nSPS) is 21.0. The number of hydrogen-bond acceptors (Lipinski definition) is 3. The van der Waals surface area contributed by atoms with E-state index in [2.05, 4.69) is 43.5 Å². The van der Waals surface area contributed by atoms with Gasteiger partial charge in [-0.25, -0.2) is 0 Å². The van der Waals surface area contributed by atoms with Gasteiger partial charge in [0.1, 0.15) is 0 Å². The minimum atomic E-state index is -0.0253. The molecule has 1 unspecified atom stereocenters. The molecule has 0 bridgehead atoms. The fourth-order valence-corrected chi connectivity index (χ4v) is 3.25. The molecule has 1 aliphatic rings. The lowest BCUT2D eigenvalue weighted by molar-refractivity contribution is -0.122. The molecule has 1 aliphatic heterocycles. The van der Waals surface area contributed by atoms with Crippen LogP contribution < -0.4 is 10.6 Å². The van der Waals surface area contributed by atoms with Gasteiger partial charge >= 0.3 is 0 Å². The Bertz CT molecular complexity index is 434. The Morgan fingerprint density at radius 1 is 1.37 bits per heavy atom. The van der Waals surface area contributed by atoms with Gasteiger partial charge in [0, 0.05) is 22.8 Å². The summed E-state index contributed by atoms with van der Waals surface area (Å²) in [4.78, 5) is 14.5. The topological polar surface area (TPSA) is 41.1 Å². The second-order valence-corrected chi connectivity index (χ2v) is 7.40. The highest BCUT2D eigenvalue weighted by molar-refractivity contribution is 7.12. The smallest absolute Gasteiger partial charge is 0.237 e. The summed E-state index contributed by atoms with van der Waals surface area (Å²) in [5.74, 6) is 0.158. The molecule has 1 fully saturated rings. The van der Waals surface area contributed by atoms with Gasteiger partial charge in [0.25, 0.3) is 0 Å². The van der Waals surface area contributed by atoms with Crippen molar-refractivity contribution in [3.63, 3.8) is 0 Å². The minimum absolute atomic E-state index is 0.0253. The quantitative estimate of drug-likeness (QED) is 0.894. The molecule has 1 aromatic heterocycles. The molecule has 0 saturated carbocycles. The average molecular weight is 280 g/mol. The molecule has 2 heterocycles. The Kier molecular flexibility index (Phi) is 4.63. The number of amides is 1. The van der Waals surface area contributed by atoms with Crippen molar-refractivity contribution in [1.29, 1.82) is 0 Å². The summed E-state index contributed by atoms with van der Waals surface area (Å²) in [6.07, 6.45) is 3.16. The number of hydrogen-bond donors (Lipinski definition) is 2. The van der Waals surface area contributed by atoms with Crippen molar-refractivity contribution in [3.8, 4) is 0 Å². The van der Waals surface area contributed by atoms with Gasteiger partial charge in [-0.05, 0) is 36.8 Å². The van der Waals surface area contributed by atoms with Crippen LogP contribution in [0.5, 0.6) is 0 Å². The van der Waals surface area contributed by atoms with Crippen molar-refractivity contribution in [2.45, 2.75) is 58.0 Å². The zero-order valence-corrected chi connectivity index (χ0v) is 12.9.